The lowest BCUT2D eigenvalue weighted by Crippen LogP contribution is -2.55. The zero-order chi connectivity index (χ0) is 37.8. The molecule has 1 heterocycles. The van der Waals surface area contributed by atoms with Crippen LogP contribution < -0.4 is 14.2 Å². The Morgan fingerprint density at radius 1 is 0.849 bits per heavy atom. The predicted molar refractivity (Wildman–Crippen MR) is 202 cm³/mol. The summed E-state index contributed by atoms with van der Waals surface area (Å²) in [5, 5.41) is 21.8. The molecular weight excluding hydrogens is 678 g/mol. The minimum atomic E-state index is -1.08. The highest BCUT2D eigenvalue weighted by atomic mass is 16.6. The van der Waals surface area contributed by atoms with Crippen molar-refractivity contribution in [3.05, 3.63) is 102 Å². The van der Waals surface area contributed by atoms with E-state index >= 15 is 0 Å². The Kier molecular flexibility index (Phi) is 14.3. The predicted octanol–water partition coefficient (Wildman–Crippen LogP) is 6.50. The van der Waals surface area contributed by atoms with Crippen LogP contribution in [0.2, 0.25) is 0 Å². The molecule has 53 heavy (non-hydrogen) atoms. The van der Waals surface area contributed by atoms with Gasteiger partial charge in [-0.15, -0.1) is 0 Å². The molecule has 0 aromatic heterocycles. The fourth-order valence-corrected chi connectivity index (χ4v) is 6.41. The molecule has 0 radical (unpaired) electrons. The van der Waals surface area contributed by atoms with Gasteiger partial charge in [0.25, 0.3) is 0 Å². The lowest BCUT2D eigenvalue weighted by Gasteiger charge is -2.44. The van der Waals surface area contributed by atoms with Gasteiger partial charge in [0.15, 0.2) is 0 Å². The van der Waals surface area contributed by atoms with Gasteiger partial charge >= 0.3 is 6.09 Å². The van der Waals surface area contributed by atoms with Crippen molar-refractivity contribution in [2.24, 2.45) is 0 Å². The van der Waals surface area contributed by atoms with Gasteiger partial charge in [0, 0.05) is 23.3 Å². The van der Waals surface area contributed by atoms with Crippen LogP contribution in [0, 0.1) is 0 Å². The number of carbonyl (C=O) groups is 1. The maximum absolute atomic E-state index is 13.4. The molecule has 286 valence electrons. The molecule has 0 bridgehead atoms. The van der Waals surface area contributed by atoms with E-state index in [4.69, 9.17) is 33.2 Å². The molecule has 0 aliphatic carbocycles. The summed E-state index contributed by atoms with van der Waals surface area (Å²) in [5.74, 6) is 1.92. The topological polar surface area (TPSA) is 125 Å². The van der Waals surface area contributed by atoms with Crippen LogP contribution in [-0.2, 0) is 32.2 Å². The quantitative estimate of drug-likeness (QED) is 0.116. The molecule has 0 unspecified atom stereocenters. The fraction of sp³-hybridized carbons (Fsp3) is 0.452. The van der Waals surface area contributed by atoms with E-state index in [1.54, 1.807) is 19.1 Å². The SMILES string of the molecule is COc1ccccc1COCCCOc1ccc([C@@H]2[C@@H](OCc3cc(OC)c4ccccc4c3)CN(C(=O)OC(C)(C)C)C[C@H]2OC[C@@H](O)CO)cc1. The minimum Gasteiger partial charge on any atom is -0.496 e. The monoisotopic (exact) mass is 731 g/mol. The van der Waals surface area contributed by atoms with Crippen molar-refractivity contribution in [2.75, 3.05) is 53.7 Å². The Hall–Kier alpha value is -4.39. The first-order valence-corrected chi connectivity index (χ1v) is 18.1. The first-order chi connectivity index (χ1) is 25.6. The van der Waals surface area contributed by atoms with E-state index in [1.807, 2.05) is 99.6 Å². The number of rotatable bonds is 17. The molecule has 11 heteroatoms. The zero-order valence-electron chi connectivity index (χ0n) is 31.4. The summed E-state index contributed by atoms with van der Waals surface area (Å²) in [4.78, 5) is 15.0. The van der Waals surface area contributed by atoms with Crippen molar-refractivity contribution in [3.63, 3.8) is 0 Å². The first-order valence-electron chi connectivity index (χ1n) is 18.1. The zero-order valence-corrected chi connectivity index (χ0v) is 31.4. The molecule has 4 atom stereocenters. The van der Waals surface area contributed by atoms with Crippen LogP contribution in [0.4, 0.5) is 4.79 Å². The molecule has 2 N–H and O–H groups in total. The van der Waals surface area contributed by atoms with E-state index in [-0.39, 0.29) is 32.2 Å². The van der Waals surface area contributed by atoms with E-state index < -0.39 is 36.6 Å². The van der Waals surface area contributed by atoms with Gasteiger partial charge in [-0.2, -0.15) is 0 Å². The van der Waals surface area contributed by atoms with E-state index in [2.05, 4.69) is 6.07 Å². The Morgan fingerprint density at radius 3 is 2.26 bits per heavy atom. The molecule has 1 saturated heterocycles. The fourth-order valence-electron chi connectivity index (χ4n) is 6.41. The number of fused-ring (bicyclic) bond motifs is 1. The number of aliphatic hydroxyl groups excluding tert-OH is 2. The summed E-state index contributed by atoms with van der Waals surface area (Å²) in [7, 11) is 3.30. The summed E-state index contributed by atoms with van der Waals surface area (Å²) in [6.45, 7) is 7.07. The van der Waals surface area contributed by atoms with Crippen molar-refractivity contribution in [2.45, 2.75) is 70.2 Å². The summed E-state index contributed by atoms with van der Waals surface area (Å²) < 4.78 is 41.7. The van der Waals surface area contributed by atoms with E-state index in [9.17, 15) is 15.0 Å². The number of ether oxygens (including phenoxy) is 7. The number of carbonyl (C=O) groups excluding carboxylic acids is 1. The second-order valence-corrected chi connectivity index (χ2v) is 14.1. The highest BCUT2D eigenvalue weighted by Gasteiger charge is 2.42. The second kappa shape index (κ2) is 19.1. The number of piperidine rings is 1. The second-order valence-electron chi connectivity index (χ2n) is 14.1. The van der Waals surface area contributed by atoms with Crippen LogP contribution >= 0.6 is 0 Å². The van der Waals surface area contributed by atoms with Crippen molar-refractivity contribution in [3.8, 4) is 17.2 Å². The molecule has 0 saturated carbocycles. The molecule has 4 aromatic carbocycles. The van der Waals surface area contributed by atoms with Gasteiger partial charge in [-0.05, 0) is 67.6 Å². The van der Waals surface area contributed by atoms with Crippen LogP contribution in [0.1, 0.15) is 49.8 Å². The Labute approximate surface area is 312 Å². The van der Waals surface area contributed by atoms with Gasteiger partial charge in [-0.3, -0.25) is 0 Å². The van der Waals surface area contributed by atoms with Gasteiger partial charge in [0.05, 0.1) is 79.2 Å². The molecule has 1 fully saturated rings. The molecular formula is C42H53NO10. The minimum absolute atomic E-state index is 0.116. The van der Waals surface area contributed by atoms with Crippen LogP contribution in [0.3, 0.4) is 0 Å². The highest BCUT2D eigenvalue weighted by molar-refractivity contribution is 5.89. The summed E-state index contributed by atoms with van der Waals surface area (Å²) >= 11 is 0. The van der Waals surface area contributed by atoms with E-state index in [1.165, 1.54) is 0 Å². The van der Waals surface area contributed by atoms with Gasteiger partial charge in [-0.25, -0.2) is 4.79 Å². The largest absolute Gasteiger partial charge is 0.496 e. The number of likely N-dealkylation sites (tertiary alicyclic amines) is 1. The number of hydrogen-bond donors (Lipinski definition) is 2. The number of nitrogens with zero attached hydrogens (tertiary/aromatic N) is 1. The third kappa shape index (κ3) is 11.3. The first kappa shape index (κ1) is 39.8. The van der Waals surface area contributed by atoms with Gasteiger partial charge in [0.2, 0.25) is 0 Å². The van der Waals surface area contributed by atoms with Crippen molar-refractivity contribution < 1.29 is 48.2 Å². The van der Waals surface area contributed by atoms with Crippen molar-refractivity contribution in [1.82, 2.24) is 4.90 Å². The maximum Gasteiger partial charge on any atom is 0.410 e. The Bertz CT molecular complexity index is 1740. The van der Waals surface area contributed by atoms with E-state index in [0.29, 0.717) is 32.0 Å². The van der Waals surface area contributed by atoms with Crippen LogP contribution in [-0.4, -0.2) is 98.9 Å². The summed E-state index contributed by atoms with van der Waals surface area (Å²) in [5.41, 5.74) is 2.13. The number of methoxy groups -OCH3 is 2. The lowest BCUT2D eigenvalue weighted by atomic mass is 9.84. The van der Waals surface area contributed by atoms with Crippen LogP contribution in [0.15, 0.2) is 84.9 Å². The average Bonchev–Trinajstić information content (AvgIpc) is 3.16. The number of para-hydroxylation sites is 1. The van der Waals surface area contributed by atoms with Crippen molar-refractivity contribution in [1.29, 1.82) is 0 Å². The summed E-state index contributed by atoms with van der Waals surface area (Å²) in [6, 6.07) is 27.6. The number of hydrogen-bond acceptors (Lipinski definition) is 10. The molecule has 11 nitrogen and oxygen atoms in total. The molecule has 1 amide bonds. The normalized spacial score (nSPS) is 18.1. The van der Waals surface area contributed by atoms with Crippen molar-refractivity contribution >= 4 is 16.9 Å². The van der Waals surface area contributed by atoms with Gasteiger partial charge < -0.3 is 48.3 Å². The third-order valence-electron chi connectivity index (χ3n) is 8.95. The van der Waals surface area contributed by atoms with Crippen LogP contribution in [0.5, 0.6) is 17.2 Å². The van der Waals surface area contributed by atoms with Crippen LogP contribution in [0.25, 0.3) is 10.8 Å². The standard InChI is InChI=1S/C42H53NO10/c1-42(2,3)53-41(46)43-23-38(51-26-29-21-31-11-6-8-13-35(31)37(22-29)48-5)40(39(24-43)52-28-33(45)25-44)30-15-17-34(18-16-30)50-20-10-19-49-27-32-12-7-9-14-36(32)47-4/h6-9,11-18,21-22,33,38-40,44-45H,10,19-20,23-28H2,1-5H3/t33-,38-,39+,40+/m0/s1. The maximum atomic E-state index is 13.4. The van der Waals surface area contributed by atoms with Gasteiger partial charge in [0.1, 0.15) is 29.0 Å². The average molecular weight is 732 g/mol. The van der Waals surface area contributed by atoms with E-state index in [0.717, 1.165) is 39.0 Å². The molecule has 4 aromatic rings. The summed E-state index contributed by atoms with van der Waals surface area (Å²) in [6.07, 6.45) is -1.95. The Balaban J connectivity index is 1.31. The Morgan fingerprint density at radius 2 is 1.55 bits per heavy atom. The highest BCUT2D eigenvalue weighted by Crippen LogP contribution is 2.36. The molecule has 1 aliphatic heterocycles. The molecule has 5 rings (SSSR count). The lowest BCUT2D eigenvalue weighted by molar-refractivity contribution is -0.111. The number of benzene rings is 4. The third-order valence-corrected chi connectivity index (χ3v) is 8.95. The number of amides is 1. The van der Waals surface area contributed by atoms with Gasteiger partial charge in [-0.1, -0.05) is 54.6 Å². The smallest absolute Gasteiger partial charge is 0.410 e. The number of aliphatic hydroxyl groups is 2. The molecule has 0 spiro atoms. The molecule has 1 aliphatic rings.